The number of carbonyl (C=O) groups is 1. The van der Waals surface area contributed by atoms with Gasteiger partial charge in [0, 0.05) is 24.3 Å². The van der Waals surface area contributed by atoms with Crippen molar-refractivity contribution in [2.75, 3.05) is 0 Å². The average molecular weight is 208 g/mol. The molecule has 2 rings (SSSR count). The van der Waals surface area contributed by atoms with Crippen molar-refractivity contribution in [1.82, 2.24) is 0 Å². The van der Waals surface area contributed by atoms with Gasteiger partial charge in [-0.3, -0.25) is 4.79 Å². The second-order valence-electron chi connectivity index (χ2n) is 4.15. The molecule has 2 fully saturated rings. The molecular weight excluding hydrogens is 195 g/mol. The van der Waals surface area contributed by atoms with Gasteiger partial charge < -0.3 is 14.9 Å². The highest BCUT2D eigenvalue weighted by Gasteiger charge is 2.48. The van der Waals surface area contributed by atoms with Crippen LogP contribution in [0.25, 0.3) is 0 Å². The Kier molecular flexibility index (Phi) is 2.84. The Morgan fingerprint density at radius 3 is 3.00 bits per heavy atom. The highest BCUT2D eigenvalue weighted by atomic mass is 16.6. The van der Waals surface area contributed by atoms with E-state index in [9.17, 15) is 9.90 Å². The maximum atomic E-state index is 11.0. The molecule has 2 aliphatic rings. The van der Waals surface area contributed by atoms with Gasteiger partial charge in [0.25, 0.3) is 0 Å². The number of ether oxygens (including phenoxy) is 1. The van der Waals surface area contributed by atoms with Gasteiger partial charge in [0.2, 0.25) is 0 Å². The van der Waals surface area contributed by atoms with Crippen LogP contribution >= 0.6 is 0 Å². The monoisotopic (exact) mass is 208 g/mol. The number of rotatable bonds is 2. The summed E-state index contributed by atoms with van der Waals surface area (Å²) in [4.78, 5) is 11.0. The van der Waals surface area contributed by atoms with Gasteiger partial charge >= 0.3 is 5.97 Å². The molecule has 1 aliphatic heterocycles. The van der Waals surface area contributed by atoms with E-state index in [1.807, 2.05) is 0 Å². The third-order valence-corrected chi connectivity index (χ3v) is 3.11. The Morgan fingerprint density at radius 2 is 2.33 bits per heavy atom. The molecule has 2 radical (unpaired) electrons. The first-order valence-corrected chi connectivity index (χ1v) is 5.07. The maximum absolute atomic E-state index is 11.0. The molecule has 0 aromatic carbocycles. The topological polar surface area (TPSA) is 66.8 Å². The highest BCUT2D eigenvalue weighted by molar-refractivity contribution is 6.12. The van der Waals surface area contributed by atoms with Crippen LogP contribution in [0.1, 0.15) is 12.8 Å². The number of hydrogen-bond donors (Lipinski definition) is 2. The lowest BCUT2D eigenvalue weighted by Gasteiger charge is -2.14. The van der Waals surface area contributed by atoms with Gasteiger partial charge in [-0.25, -0.2) is 0 Å². The molecule has 0 spiro atoms. The summed E-state index contributed by atoms with van der Waals surface area (Å²) in [5, 5.41) is 18.6. The second-order valence-corrected chi connectivity index (χ2v) is 4.15. The van der Waals surface area contributed by atoms with E-state index >= 15 is 0 Å². The first-order chi connectivity index (χ1) is 7.08. The Morgan fingerprint density at radius 1 is 1.60 bits per heavy atom. The summed E-state index contributed by atoms with van der Waals surface area (Å²) in [7, 11) is 5.17. The van der Waals surface area contributed by atoms with Crippen LogP contribution in [0.5, 0.6) is 0 Å². The Bertz CT molecular complexity index is 289. The number of hydrogen-bond acceptors (Lipinski definition) is 4. The van der Waals surface area contributed by atoms with Gasteiger partial charge in [-0.2, -0.15) is 0 Å². The molecule has 1 aliphatic carbocycles. The van der Waals surface area contributed by atoms with Crippen LogP contribution in [0.3, 0.4) is 0 Å². The summed E-state index contributed by atoms with van der Waals surface area (Å²) in [5.41, 5.74) is 0. The molecule has 0 aromatic heterocycles. The van der Waals surface area contributed by atoms with Crippen molar-refractivity contribution in [3.8, 4) is 0 Å². The number of aliphatic hydroxyl groups is 2. The van der Waals surface area contributed by atoms with Crippen LogP contribution in [0.15, 0.2) is 12.2 Å². The van der Waals surface area contributed by atoms with Crippen LogP contribution < -0.4 is 0 Å². The fourth-order valence-electron chi connectivity index (χ4n) is 2.43. The first-order valence-electron chi connectivity index (χ1n) is 5.07. The van der Waals surface area contributed by atoms with Crippen molar-refractivity contribution in [3.63, 3.8) is 0 Å². The summed E-state index contributed by atoms with van der Waals surface area (Å²) < 4.78 is 5.07. The van der Waals surface area contributed by atoms with E-state index in [1.54, 1.807) is 6.08 Å². The summed E-state index contributed by atoms with van der Waals surface area (Å²) in [6.45, 7) is 0. The SMILES string of the molecule is [B][C@H](O)C=C[C@@H]1[C@H]2CC(=O)O[C@H]2C[C@H]1O. The van der Waals surface area contributed by atoms with Gasteiger partial charge in [-0.05, 0) is 0 Å². The van der Waals surface area contributed by atoms with Crippen molar-refractivity contribution in [3.05, 3.63) is 12.2 Å². The fourth-order valence-corrected chi connectivity index (χ4v) is 2.43. The maximum Gasteiger partial charge on any atom is 0.306 e. The Balaban J connectivity index is 2.07. The molecule has 2 N–H and O–H groups in total. The minimum absolute atomic E-state index is 0.0301. The molecule has 4 nitrogen and oxygen atoms in total. The van der Waals surface area contributed by atoms with Crippen molar-refractivity contribution in [1.29, 1.82) is 0 Å². The first kappa shape index (κ1) is 10.7. The van der Waals surface area contributed by atoms with Gasteiger partial charge in [0.05, 0.1) is 12.5 Å². The normalized spacial score (nSPS) is 41.9. The summed E-state index contributed by atoms with van der Waals surface area (Å²) in [6.07, 6.45) is 3.25. The lowest BCUT2D eigenvalue weighted by Crippen LogP contribution is -2.18. The molecule has 0 amide bonds. The third-order valence-electron chi connectivity index (χ3n) is 3.11. The zero-order chi connectivity index (χ0) is 11.0. The van der Waals surface area contributed by atoms with Crippen LogP contribution in [0.4, 0.5) is 0 Å². The van der Waals surface area contributed by atoms with Crippen LogP contribution in [-0.2, 0) is 9.53 Å². The molecule has 80 valence electrons. The summed E-state index contributed by atoms with van der Waals surface area (Å²) in [6, 6.07) is -1.02. The zero-order valence-electron chi connectivity index (χ0n) is 8.24. The van der Waals surface area contributed by atoms with E-state index in [-0.39, 0.29) is 23.9 Å². The molecular formula is C10H13BO4. The highest BCUT2D eigenvalue weighted by Crippen LogP contribution is 2.41. The standard InChI is InChI=1S/C10H13BO4/c11-9(13)2-1-5-6-3-10(14)15-8(6)4-7(5)12/h1-2,5-9,12-13H,3-4H2/t5-,6-,7-,8+,9-/m1/s1. The predicted molar refractivity (Wildman–Crippen MR) is 53.0 cm³/mol. The molecule has 0 aromatic rings. The van der Waals surface area contributed by atoms with Crippen LogP contribution in [0.2, 0.25) is 0 Å². The van der Waals surface area contributed by atoms with Crippen molar-refractivity contribution in [2.45, 2.75) is 31.1 Å². The average Bonchev–Trinajstić information content (AvgIpc) is 2.57. The molecule has 0 bridgehead atoms. The molecule has 5 heteroatoms. The molecule has 1 saturated heterocycles. The smallest absolute Gasteiger partial charge is 0.306 e. The van der Waals surface area contributed by atoms with Gasteiger partial charge in [0.15, 0.2) is 0 Å². The molecule has 15 heavy (non-hydrogen) atoms. The number of fused-ring (bicyclic) bond motifs is 1. The van der Waals surface area contributed by atoms with E-state index in [0.29, 0.717) is 12.8 Å². The molecule has 1 saturated carbocycles. The van der Waals surface area contributed by atoms with E-state index in [4.69, 9.17) is 17.7 Å². The van der Waals surface area contributed by atoms with E-state index in [1.165, 1.54) is 6.08 Å². The van der Waals surface area contributed by atoms with E-state index in [2.05, 4.69) is 0 Å². The van der Waals surface area contributed by atoms with Crippen molar-refractivity contribution < 1.29 is 19.7 Å². The van der Waals surface area contributed by atoms with Gasteiger partial charge in [0.1, 0.15) is 14.0 Å². The second kappa shape index (κ2) is 3.98. The van der Waals surface area contributed by atoms with E-state index in [0.717, 1.165) is 0 Å². The molecule has 1 heterocycles. The largest absolute Gasteiger partial charge is 0.462 e. The van der Waals surface area contributed by atoms with Crippen molar-refractivity contribution in [2.24, 2.45) is 11.8 Å². The predicted octanol–water partition coefficient (Wildman–Crippen LogP) is -0.658. The lowest BCUT2D eigenvalue weighted by atomic mass is 9.90. The Hall–Kier alpha value is -0.805. The fraction of sp³-hybridized carbons (Fsp3) is 0.700. The zero-order valence-corrected chi connectivity index (χ0v) is 8.24. The van der Waals surface area contributed by atoms with Crippen molar-refractivity contribution >= 4 is 13.8 Å². The summed E-state index contributed by atoms with van der Waals surface area (Å²) in [5.74, 6) is -0.314. The van der Waals surface area contributed by atoms with E-state index < -0.39 is 12.1 Å². The quantitative estimate of drug-likeness (QED) is 0.359. The molecule has 0 unspecified atom stereocenters. The van der Waals surface area contributed by atoms with Gasteiger partial charge in [-0.1, -0.05) is 12.2 Å². The summed E-state index contributed by atoms with van der Waals surface area (Å²) >= 11 is 0. The number of aliphatic hydroxyl groups excluding tert-OH is 2. The minimum Gasteiger partial charge on any atom is -0.462 e. The Labute approximate surface area is 89.3 Å². The van der Waals surface area contributed by atoms with Gasteiger partial charge in [-0.15, -0.1) is 0 Å². The van der Waals surface area contributed by atoms with Crippen LogP contribution in [-0.4, -0.2) is 42.2 Å². The number of carbonyl (C=O) groups excluding carboxylic acids is 1. The van der Waals surface area contributed by atoms with Crippen LogP contribution in [0, 0.1) is 11.8 Å². The third kappa shape index (κ3) is 2.08. The lowest BCUT2D eigenvalue weighted by molar-refractivity contribution is -0.141. The minimum atomic E-state index is -1.02. The molecule has 5 atom stereocenters. The number of esters is 1.